The molecule has 0 aliphatic carbocycles. The first-order valence-corrected chi connectivity index (χ1v) is 4.86. The fraction of sp³-hybridized carbons (Fsp3) is 0.364. The van der Waals surface area contributed by atoms with Crippen LogP contribution < -0.4 is 4.90 Å². The minimum absolute atomic E-state index is 0.259. The molecule has 0 aliphatic heterocycles. The molecule has 1 aromatic heterocycles. The van der Waals surface area contributed by atoms with Gasteiger partial charge in [0.05, 0.1) is 7.11 Å². The summed E-state index contributed by atoms with van der Waals surface area (Å²) in [6.45, 7) is 1.86. The lowest BCUT2D eigenvalue weighted by atomic mass is 10.3. The maximum absolute atomic E-state index is 11.4. The van der Waals surface area contributed by atoms with Crippen molar-refractivity contribution in [3.63, 3.8) is 0 Å². The second kappa shape index (κ2) is 5.25. The van der Waals surface area contributed by atoms with Crippen LogP contribution in [0.3, 0.4) is 0 Å². The molecule has 0 fully saturated rings. The van der Waals surface area contributed by atoms with E-state index in [1.807, 2.05) is 27.1 Å². The molecule has 0 N–H and O–H groups in total. The quantitative estimate of drug-likeness (QED) is 0.721. The van der Waals surface area contributed by atoms with Gasteiger partial charge in [0.2, 0.25) is 0 Å². The number of anilines is 1. The number of esters is 1. The minimum Gasteiger partial charge on any atom is -0.464 e. The van der Waals surface area contributed by atoms with Crippen LogP contribution in [0.2, 0.25) is 0 Å². The molecule has 16 heavy (non-hydrogen) atoms. The first kappa shape index (κ1) is 12.2. The predicted octanol–water partition coefficient (Wildman–Crippen LogP) is 1.36. The Morgan fingerprint density at radius 1 is 1.44 bits per heavy atom. The summed E-state index contributed by atoms with van der Waals surface area (Å²) in [5.74, 6) is 0.703. The summed E-state index contributed by atoms with van der Waals surface area (Å²) in [6, 6.07) is 1.60. The first-order valence-electron chi connectivity index (χ1n) is 4.86. The lowest BCUT2D eigenvalue weighted by Gasteiger charge is -2.12. The van der Waals surface area contributed by atoms with Gasteiger partial charge in [-0.3, -0.25) is 0 Å². The summed E-state index contributed by atoms with van der Waals surface area (Å²) >= 11 is 0. The molecular weight excluding hydrogens is 206 g/mol. The zero-order chi connectivity index (χ0) is 12.1. The highest BCUT2D eigenvalue weighted by Crippen LogP contribution is 2.11. The Labute approximate surface area is 94.8 Å². The fourth-order valence-electron chi connectivity index (χ4n) is 1.11. The van der Waals surface area contributed by atoms with E-state index < -0.39 is 5.97 Å². The largest absolute Gasteiger partial charge is 0.464 e. The van der Waals surface area contributed by atoms with Crippen LogP contribution in [0.15, 0.2) is 12.1 Å². The molecule has 86 valence electrons. The van der Waals surface area contributed by atoms with Crippen molar-refractivity contribution in [3.8, 4) is 0 Å². The predicted molar refractivity (Wildman–Crippen MR) is 62.4 cm³/mol. The van der Waals surface area contributed by atoms with Crippen LogP contribution >= 0.6 is 0 Å². The number of aromatic nitrogens is 2. The molecule has 1 aromatic rings. The van der Waals surface area contributed by atoms with Gasteiger partial charge in [0, 0.05) is 20.2 Å². The number of nitrogens with zero attached hydrogens (tertiary/aromatic N) is 3. The summed E-state index contributed by atoms with van der Waals surface area (Å²) in [6.07, 6.45) is 3.55. The SMILES string of the molecule is CC=Cc1nc(C(=O)OC)cc(N(C)C)n1. The van der Waals surface area contributed by atoms with Crippen LogP contribution in [-0.2, 0) is 4.74 Å². The van der Waals surface area contributed by atoms with Crippen LogP contribution in [0.5, 0.6) is 0 Å². The minimum atomic E-state index is -0.462. The molecule has 5 heteroatoms. The molecule has 0 saturated carbocycles. The van der Waals surface area contributed by atoms with Crippen LogP contribution in [0, 0.1) is 0 Å². The van der Waals surface area contributed by atoms with E-state index in [0.717, 1.165) is 0 Å². The van der Waals surface area contributed by atoms with Crippen LogP contribution in [0.4, 0.5) is 5.82 Å². The molecule has 0 saturated heterocycles. The number of carbonyl (C=O) groups excluding carboxylic acids is 1. The molecular formula is C11H15N3O2. The van der Waals surface area contributed by atoms with Crippen molar-refractivity contribution < 1.29 is 9.53 Å². The zero-order valence-corrected chi connectivity index (χ0v) is 9.89. The lowest BCUT2D eigenvalue weighted by Crippen LogP contribution is -2.14. The normalized spacial score (nSPS) is 10.5. The molecule has 0 bridgehead atoms. The monoisotopic (exact) mass is 221 g/mol. The Morgan fingerprint density at radius 2 is 2.12 bits per heavy atom. The summed E-state index contributed by atoms with van der Waals surface area (Å²) in [5, 5.41) is 0. The molecule has 0 spiro atoms. The van der Waals surface area contributed by atoms with Crippen LogP contribution in [0.25, 0.3) is 6.08 Å². The molecule has 0 radical (unpaired) electrons. The van der Waals surface area contributed by atoms with Crippen molar-refractivity contribution in [2.24, 2.45) is 0 Å². The highest BCUT2D eigenvalue weighted by Gasteiger charge is 2.11. The highest BCUT2D eigenvalue weighted by atomic mass is 16.5. The smallest absolute Gasteiger partial charge is 0.356 e. The molecule has 1 heterocycles. The first-order chi connectivity index (χ1) is 7.58. The van der Waals surface area contributed by atoms with E-state index in [4.69, 9.17) is 0 Å². The summed E-state index contributed by atoms with van der Waals surface area (Å²) in [7, 11) is 5.03. The van der Waals surface area contributed by atoms with E-state index in [2.05, 4.69) is 14.7 Å². The van der Waals surface area contributed by atoms with E-state index in [-0.39, 0.29) is 5.69 Å². The van der Waals surface area contributed by atoms with Crippen molar-refractivity contribution in [1.29, 1.82) is 0 Å². The van der Waals surface area contributed by atoms with Gasteiger partial charge >= 0.3 is 5.97 Å². The van der Waals surface area contributed by atoms with Gasteiger partial charge in [-0.05, 0) is 13.0 Å². The van der Waals surface area contributed by atoms with Gasteiger partial charge in [0.1, 0.15) is 5.82 Å². The van der Waals surface area contributed by atoms with E-state index in [0.29, 0.717) is 11.6 Å². The lowest BCUT2D eigenvalue weighted by molar-refractivity contribution is 0.0594. The van der Waals surface area contributed by atoms with Crippen LogP contribution in [0.1, 0.15) is 23.2 Å². The topological polar surface area (TPSA) is 55.3 Å². The van der Waals surface area contributed by atoms with Gasteiger partial charge in [-0.25, -0.2) is 14.8 Å². The third kappa shape index (κ3) is 2.79. The molecule has 5 nitrogen and oxygen atoms in total. The second-order valence-electron chi connectivity index (χ2n) is 3.36. The number of allylic oxidation sites excluding steroid dienone is 1. The maximum Gasteiger partial charge on any atom is 0.356 e. The molecule has 0 aliphatic rings. The number of methoxy groups -OCH3 is 1. The Hall–Kier alpha value is -1.91. The van der Waals surface area contributed by atoms with Gasteiger partial charge in [0.15, 0.2) is 11.5 Å². The zero-order valence-electron chi connectivity index (χ0n) is 9.89. The Morgan fingerprint density at radius 3 is 2.62 bits per heavy atom. The van der Waals surface area contributed by atoms with Crippen molar-refractivity contribution in [2.75, 3.05) is 26.1 Å². The Balaban J connectivity index is 3.23. The molecule has 1 rings (SSSR count). The molecule has 0 unspecified atom stereocenters. The summed E-state index contributed by atoms with van der Waals surface area (Å²) in [4.78, 5) is 21.5. The molecule has 0 amide bonds. The fourth-order valence-corrected chi connectivity index (χ4v) is 1.11. The van der Waals surface area contributed by atoms with E-state index in [1.165, 1.54) is 7.11 Å². The van der Waals surface area contributed by atoms with Crippen molar-refractivity contribution >= 4 is 17.9 Å². The third-order valence-corrected chi connectivity index (χ3v) is 1.90. The molecule has 0 aromatic carbocycles. The average molecular weight is 221 g/mol. The standard InChI is InChI=1S/C11H15N3O2/c1-5-6-9-12-8(11(15)16-4)7-10(13-9)14(2)3/h5-7H,1-4H3. The maximum atomic E-state index is 11.4. The third-order valence-electron chi connectivity index (χ3n) is 1.90. The van der Waals surface area contributed by atoms with Crippen molar-refractivity contribution in [3.05, 3.63) is 23.7 Å². The van der Waals surface area contributed by atoms with E-state index >= 15 is 0 Å². The number of hydrogen-bond donors (Lipinski definition) is 0. The summed E-state index contributed by atoms with van der Waals surface area (Å²) in [5.41, 5.74) is 0.259. The van der Waals surface area contributed by atoms with Crippen molar-refractivity contribution in [1.82, 2.24) is 9.97 Å². The van der Waals surface area contributed by atoms with Gasteiger partial charge in [-0.1, -0.05) is 6.08 Å². The number of ether oxygens (including phenoxy) is 1. The van der Waals surface area contributed by atoms with Crippen LogP contribution in [-0.4, -0.2) is 37.1 Å². The van der Waals surface area contributed by atoms with E-state index in [9.17, 15) is 4.79 Å². The average Bonchev–Trinajstić information content (AvgIpc) is 2.28. The van der Waals surface area contributed by atoms with E-state index in [1.54, 1.807) is 17.0 Å². The highest BCUT2D eigenvalue weighted by molar-refractivity contribution is 5.88. The Kier molecular flexibility index (Phi) is 3.99. The number of carbonyl (C=O) groups is 1. The van der Waals surface area contributed by atoms with Gasteiger partial charge < -0.3 is 9.64 Å². The van der Waals surface area contributed by atoms with Gasteiger partial charge in [-0.15, -0.1) is 0 Å². The van der Waals surface area contributed by atoms with Crippen molar-refractivity contribution in [2.45, 2.75) is 6.92 Å². The van der Waals surface area contributed by atoms with Gasteiger partial charge in [0.25, 0.3) is 0 Å². The number of hydrogen-bond acceptors (Lipinski definition) is 5. The molecule has 0 atom stereocenters. The summed E-state index contributed by atoms with van der Waals surface area (Å²) < 4.78 is 4.63. The Bertz CT molecular complexity index is 414. The van der Waals surface area contributed by atoms with Gasteiger partial charge in [-0.2, -0.15) is 0 Å². The number of rotatable bonds is 3. The second-order valence-corrected chi connectivity index (χ2v) is 3.36.